The maximum absolute atomic E-state index is 5.55. The summed E-state index contributed by atoms with van der Waals surface area (Å²) in [7, 11) is 0. The Labute approximate surface area is 127 Å². The van der Waals surface area contributed by atoms with Crippen LogP contribution in [0.1, 0.15) is 11.1 Å². The summed E-state index contributed by atoms with van der Waals surface area (Å²) >= 11 is 0. The number of rotatable bonds is 2. The van der Waals surface area contributed by atoms with Gasteiger partial charge in [-0.05, 0) is 0 Å². The number of hydrogen-bond donors (Lipinski definition) is 0. The first-order chi connectivity index (χ1) is 7.42. The van der Waals surface area contributed by atoms with Crippen LogP contribution in [0.3, 0.4) is 0 Å². The molecule has 0 bridgehead atoms. The molecule has 0 aromatic heterocycles. The molecule has 0 fully saturated rings. The summed E-state index contributed by atoms with van der Waals surface area (Å²) in [5.41, 5.74) is 5.87. The maximum atomic E-state index is 5.55. The summed E-state index contributed by atoms with van der Waals surface area (Å²) in [5.74, 6) is 0. The van der Waals surface area contributed by atoms with Gasteiger partial charge in [0.1, 0.15) is 0 Å². The van der Waals surface area contributed by atoms with E-state index in [-0.39, 0.29) is 37.7 Å². The van der Waals surface area contributed by atoms with Crippen LogP contribution in [0.4, 0.5) is 0 Å². The third kappa shape index (κ3) is 4.14. The Balaban J connectivity index is 0.00000128. The van der Waals surface area contributed by atoms with Crippen molar-refractivity contribution < 1.29 is 37.7 Å². The van der Waals surface area contributed by atoms with Crippen LogP contribution in [-0.4, -0.2) is 0 Å². The van der Waals surface area contributed by atoms with Crippen molar-refractivity contribution in [1.29, 1.82) is 0 Å². The van der Waals surface area contributed by atoms with E-state index in [1.54, 1.807) is 0 Å². The molecule has 17 heavy (non-hydrogen) atoms. The predicted octanol–water partition coefficient (Wildman–Crippen LogP) is -2.29. The molecule has 72 valence electrons. The van der Waals surface area contributed by atoms with Crippen LogP contribution in [0.5, 0.6) is 0 Å². The van der Waals surface area contributed by atoms with Gasteiger partial charge in [-0.15, -0.1) is 5.57 Å². The summed E-state index contributed by atoms with van der Waals surface area (Å²) < 4.78 is 0. The smallest absolute Gasteiger partial charge is 0.326 e. The molecule has 0 saturated carbocycles. The summed E-state index contributed by atoms with van der Waals surface area (Å²) in [6, 6.07) is 20.1. The van der Waals surface area contributed by atoms with Gasteiger partial charge in [0.15, 0.2) is 0 Å². The van der Waals surface area contributed by atoms with Crippen LogP contribution in [-0.2, 0) is 0 Å². The van der Waals surface area contributed by atoms with Crippen molar-refractivity contribution in [3.05, 3.63) is 84.1 Å². The second-order valence-corrected chi connectivity index (χ2v) is 3.25. The van der Waals surface area contributed by atoms with E-state index >= 15 is 0 Å². The molecule has 2 heteroatoms. The first kappa shape index (κ1) is 16.2. The van der Waals surface area contributed by atoms with Crippen molar-refractivity contribution >= 4 is 5.57 Å². The van der Waals surface area contributed by atoms with Crippen LogP contribution in [0.15, 0.2) is 66.4 Å². The molecule has 0 radical (unpaired) electrons. The predicted molar refractivity (Wildman–Crippen MR) is 63.2 cm³/mol. The van der Waals surface area contributed by atoms with E-state index in [9.17, 15) is 0 Å². The first-order valence-corrected chi connectivity index (χ1v) is 4.86. The van der Waals surface area contributed by atoms with Crippen molar-refractivity contribution in [2.24, 2.45) is 0 Å². The van der Waals surface area contributed by atoms with Gasteiger partial charge >= 0.3 is 37.7 Å². The van der Waals surface area contributed by atoms with Crippen molar-refractivity contribution in [2.45, 2.75) is 0 Å². The summed E-state index contributed by atoms with van der Waals surface area (Å²) in [6.07, 6.45) is 0. The Morgan fingerprint density at radius 1 is 0.706 bits per heavy atom. The maximum Gasteiger partial charge on any atom is 1.00 e. The van der Waals surface area contributed by atoms with Gasteiger partial charge in [-0.3, -0.25) is 0 Å². The third-order valence-corrected chi connectivity index (χ3v) is 2.27. The van der Waals surface area contributed by atoms with E-state index in [0.717, 1.165) is 16.7 Å². The fourth-order valence-corrected chi connectivity index (χ4v) is 1.54. The Hall–Kier alpha value is -0.845. The Kier molecular flexibility index (Phi) is 7.86. The van der Waals surface area contributed by atoms with Gasteiger partial charge in [0.25, 0.3) is 0 Å². The molecular weight excluding hydrogens is 194 g/mol. The molecule has 0 atom stereocenters. The molecule has 0 nitrogen and oxygen atoms in total. The molecule has 2 aromatic rings. The molecule has 2 rings (SSSR count). The van der Waals surface area contributed by atoms with Gasteiger partial charge in [-0.1, -0.05) is 71.8 Å². The molecule has 0 amide bonds. The van der Waals surface area contributed by atoms with Crippen molar-refractivity contribution in [1.82, 2.24) is 0 Å². The van der Waals surface area contributed by atoms with Gasteiger partial charge in [-0.25, -0.2) is 6.58 Å². The van der Waals surface area contributed by atoms with Gasteiger partial charge in [-0.2, -0.15) is 0 Å². The van der Waals surface area contributed by atoms with Gasteiger partial charge in [0.05, 0.1) is 0 Å². The normalized spacial score (nSPS) is 8.24. The summed E-state index contributed by atoms with van der Waals surface area (Å²) in [4.78, 5) is 0. The second-order valence-electron chi connectivity index (χ2n) is 3.25. The minimum Gasteiger partial charge on any atom is -0.326 e. The largest absolute Gasteiger partial charge is 1.00 e. The number of hydrogen-bond acceptors (Lipinski definition) is 0. The average molecular weight is 205 g/mol. The van der Waals surface area contributed by atoms with Crippen LogP contribution in [0.2, 0.25) is 0 Å². The molecule has 0 saturated heterocycles. The molecular formula is C15H11Li2+. The van der Waals surface area contributed by atoms with Crippen LogP contribution in [0.25, 0.3) is 5.57 Å². The Bertz CT molecular complexity index is 441. The monoisotopic (exact) mass is 205 g/mol. The van der Waals surface area contributed by atoms with E-state index in [1.807, 2.05) is 60.7 Å². The summed E-state index contributed by atoms with van der Waals surface area (Å²) in [6.45, 7) is 5.55. The zero-order chi connectivity index (χ0) is 10.5. The number of benzene rings is 2. The quantitative estimate of drug-likeness (QED) is 0.294. The topological polar surface area (TPSA) is 0 Å². The zero-order valence-electron chi connectivity index (χ0n) is 10.4. The van der Waals surface area contributed by atoms with E-state index in [0.29, 0.717) is 0 Å². The van der Waals surface area contributed by atoms with Crippen LogP contribution >= 0.6 is 0 Å². The van der Waals surface area contributed by atoms with E-state index in [1.165, 1.54) is 0 Å². The molecule has 0 heterocycles. The minimum absolute atomic E-state index is 0. The third-order valence-electron chi connectivity index (χ3n) is 2.27. The van der Waals surface area contributed by atoms with Gasteiger partial charge in [0.2, 0.25) is 0 Å². The van der Waals surface area contributed by atoms with Crippen molar-refractivity contribution in [3.63, 3.8) is 0 Å². The van der Waals surface area contributed by atoms with E-state index in [4.69, 9.17) is 6.58 Å². The fourth-order valence-electron chi connectivity index (χ4n) is 1.54. The molecule has 0 spiro atoms. The second kappa shape index (κ2) is 8.28. The Morgan fingerprint density at radius 2 is 1.06 bits per heavy atom. The molecule has 2 aromatic carbocycles. The minimum atomic E-state index is 0. The molecule has 0 N–H and O–H groups in total. The molecule has 0 unspecified atom stereocenters. The van der Waals surface area contributed by atoms with E-state index in [2.05, 4.69) is 5.73 Å². The van der Waals surface area contributed by atoms with Gasteiger partial charge in [0, 0.05) is 0 Å². The molecule has 0 aliphatic rings. The summed E-state index contributed by atoms with van der Waals surface area (Å²) in [5, 5.41) is 0. The van der Waals surface area contributed by atoms with Crippen molar-refractivity contribution in [3.8, 4) is 0 Å². The van der Waals surface area contributed by atoms with Crippen LogP contribution < -0.4 is 37.7 Å². The van der Waals surface area contributed by atoms with Crippen molar-refractivity contribution in [2.75, 3.05) is 0 Å². The fraction of sp³-hybridized carbons (Fsp3) is 0. The molecule has 0 aliphatic heterocycles. The Morgan fingerprint density at radius 3 is 1.35 bits per heavy atom. The van der Waals surface area contributed by atoms with E-state index < -0.39 is 0 Å². The zero-order valence-corrected chi connectivity index (χ0v) is 10.4. The molecule has 0 aliphatic carbocycles. The van der Waals surface area contributed by atoms with Gasteiger partial charge < -0.3 is 5.73 Å². The first-order valence-electron chi connectivity index (χ1n) is 4.86. The van der Waals surface area contributed by atoms with Crippen LogP contribution in [0, 0.1) is 6.58 Å². The SMILES string of the molecule is [CH-]=C=C(c1ccccc1)c1ccccc1.[Li+].[Li+]. The average Bonchev–Trinajstić information content (AvgIpc) is 2.33. The standard InChI is InChI=1S/C15H11.2Li/c1-2-15(13-9-5-3-6-10-13)14-11-7-4-8-12-14;;/h1,3-12H;;/q-1;2*+1.